The first kappa shape index (κ1) is 23.0. The molecule has 1 aromatic rings. The van der Waals surface area contributed by atoms with Gasteiger partial charge in [0.15, 0.2) is 5.78 Å². The van der Waals surface area contributed by atoms with Gasteiger partial charge in [-0.1, -0.05) is 31.9 Å². The van der Waals surface area contributed by atoms with Crippen LogP contribution in [0.4, 0.5) is 0 Å². The number of ether oxygens (including phenoxy) is 2. The highest BCUT2D eigenvalue weighted by Crippen LogP contribution is 2.24. The van der Waals surface area contributed by atoms with E-state index in [4.69, 9.17) is 14.6 Å². The number of aryl methyl sites for hydroxylation is 1. The molecule has 1 aliphatic rings. The molecule has 1 aliphatic heterocycles. The largest absolute Gasteiger partial charge is 0.477 e. The van der Waals surface area contributed by atoms with Gasteiger partial charge in [-0.3, -0.25) is 9.59 Å². The van der Waals surface area contributed by atoms with Gasteiger partial charge in [-0.05, 0) is 43.9 Å². The van der Waals surface area contributed by atoms with Gasteiger partial charge < -0.3 is 19.9 Å². The molecule has 7 heteroatoms. The summed E-state index contributed by atoms with van der Waals surface area (Å²) in [6, 6.07) is 6.88. The van der Waals surface area contributed by atoms with Crippen LogP contribution < -0.4 is 5.32 Å². The minimum absolute atomic E-state index is 0.0647. The number of aliphatic carboxylic acids is 1. The lowest BCUT2D eigenvalue weighted by Crippen LogP contribution is -2.47. The third kappa shape index (κ3) is 6.65. The van der Waals surface area contributed by atoms with Crippen molar-refractivity contribution in [2.75, 3.05) is 13.2 Å². The van der Waals surface area contributed by atoms with E-state index in [0.29, 0.717) is 25.2 Å². The quantitative estimate of drug-likeness (QED) is 0.580. The fraction of sp³-hybridized carbons (Fsp3) is 0.591. The van der Waals surface area contributed by atoms with Gasteiger partial charge in [-0.25, -0.2) is 4.79 Å². The summed E-state index contributed by atoms with van der Waals surface area (Å²) in [6.45, 7) is 5.62. The van der Waals surface area contributed by atoms with Crippen LogP contribution in [0.3, 0.4) is 0 Å². The second-order valence-corrected chi connectivity index (χ2v) is 7.71. The van der Waals surface area contributed by atoms with Gasteiger partial charge >= 0.3 is 5.97 Å². The Kier molecular flexibility index (Phi) is 8.34. The molecule has 1 unspecified atom stereocenters. The minimum atomic E-state index is -1.56. The average Bonchev–Trinajstić information content (AvgIpc) is 2.71. The zero-order chi connectivity index (χ0) is 21.4. The maximum absolute atomic E-state index is 12.4. The van der Waals surface area contributed by atoms with Crippen molar-refractivity contribution in [3.63, 3.8) is 0 Å². The van der Waals surface area contributed by atoms with E-state index >= 15 is 0 Å². The van der Waals surface area contributed by atoms with Crippen LogP contribution in [0.25, 0.3) is 0 Å². The topological polar surface area (TPSA) is 102 Å². The van der Waals surface area contributed by atoms with E-state index in [1.54, 1.807) is 12.1 Å². The third-order valence-corrected chi connectivity index (χ3v) is 5.35. The number of amides is 1. The van der Waals surface area contributed by atoms with Crippen molar-refractivity contribution in [2.45, 2.75) is 64.7 Å². The molecule has 2 rings (SSSR count). The standard InChI is InChI=1S/C22H31NO6/c1-4-16-9-11-18(12-10-16)20(25)23-19(15(2)24)8-6-5-7-17-13-28-22(3,21(26)27)29-14-17/h9-12,17,19H,4-8,13-14H2,1-3H3,(H,23,25)(H,26,27). The minimum Gasteiger partial charge on any atom is -0.477 e. The number of carbonyl (C=O) groups is 3. The van der Waals surface area contributed by atoms with E-state index in [1.807, 2.05) is 12.1 Å². The average molecular weight is 405 g/mol. The Labute approximate surface area is 171 Å². The lowest BCUT2D eigenvalue weighted by Gasteiger charge is -2.34. The summed E-state index contributed by atoms with van der Waals surface area (Å²) in [5.41, 5.74) is 1.70. The highest BCUT2D eigenvalue weighted by atomic mass is 16.7. The Morgan fingerprint density at radius 1 is 1.17 bits per heavy atom. The number of carboxylic acids is 1. The highest BCUT2D eigenvalue weighted by Gasteiger charge is 2.40. The van der Waals surface area contributed by atoms with Crippen molar-refractivity contribution < 1.29 is 29.0 Å². The number of benzene rings is 1. The van der Waals surface area contributed by atoms with Crippen molar-refractivity contribution in [2.24, 2.45) is 5.92 Å². The molecule has 29 heavy (non-hydrogen) atoms. The molecule has 0 spiro atoms. The molecule has 0 radical (unpaired) electrons. The molecule has 7 nitrogen and oxygen atoms in total. The fourth-order valence-corrected chi connectivity index (χ4v) is 3.23. The van der Waals surface area contributed by atoms with E-state index in [0.717, 1.165) is 31.2 Å². The Morgan fingerprint density at radius 2 is 1.79 bits per heavy atom. The Bertz CT molecular complexity index is 707. The van der Waals surface area contributed by atoms with Crippen molar-refractivity contribution >= 4 is 17.7 Å². The maximum Gasteiger partial charge on any atom is 0.364 e. The number of ketones is 1. The van der Waals surface area contributed by atoms with Gasteiger partial charge in [0, 0.05) is 18.4 Å². The van der Waals surface area contributed by atoms with E-state index in [-0.39, 0.29) is 17.6 Å². The Balaban J connectivity index is 1.74. The Hall–Kier alpha value is -2.25. The maximum atomic E-state index is 12.4. The first-order chi connectivity index (χ1) is 13.7. The summed E-state index contributed by atoms with van der Waals surface area (Å²) < 4.78 is 10.7. The van der Waals surface area contributed by atoms with Crippen LogP contribution >= 0.6 is 0 Å². The molecule has 1 atom stereocenters. The highest BCUT2D eigenvalue weighted by molar-refractivity contribution is 5.97. The molecule has 1 saturated heterocycles. The molecular formula is C22H31NO6. The van der Waals surface area contributed by atoms with Gasteiger partial charge in [-0.15, -0.1) is 0 Å². The van der Waals surface area contributed by atoms with Gasteiger partial charge in [0.25, 0.3) is 11.7 Å². The lowest BCUT2D eigenvalue weighted by molar-refractivity contribution is -0.271. The number of hydrogen-bond donors (Lipinski definition) is 2. The van der Waals surface area contributed by atoms with Crippen molar-refractivity contribution in [1.82, 2.24) is 5.32 Å². The normalized spacial score (nSPS) is 22.7. The van der Waals surface area contributed by atoms with Gasteiger partial charge in [0.1, 0.15) is 0 Å². The first-order valence-electron chi connectivity index (χ1n) is 10.2. The molecule has 1 amide bonds. The number of hydrogen-bond acceptors (Lipinski definition) is 5. The first-order valence-corrected chi connectivity index (χ1v) is 10.2. The van der Waals surface area contributed by atoms with Crippen molar-refractivity contribution in [3.8, 4) is 0 Å². The molecule has 0 aliphatic carbocycles. The van der Waals surface area contributed by atoms with Gasteiger partial charge in [-0.2, -0.15) is 0 Å². The molecule has 160 valence electrons. The zero-order valence-electron chi connectivity index (χ0n) is 17.4. The molecule has 2 N–H and O–H groups in total. The molecule has 0 bridgehead atoms. The smallest absolute Gasteiger partial charge is 0.364 e. The molecule has 0 aromatic heterocycles. The summed E-state index contributed by atoms with van der Waals surface area (Å²) in [7, 11) is 0. The van der Waals surface area contributed by atoms with Crippen LogP contribution in [-0.4, -0.2) is 47.8 Å². The SMILES string of the molecule is CCc1ccc(C(=O)NC(CCCCC2COC(C)(C(=O)O)OC2)C(C)=O)cc1. The van der Waals surface area contributed by atoms with Crippen LogP contribution in [0.2, 0.25) is 0 Å². The number of Topliss-reactive ketones (excluding diaryl/α,β-unsaturated/α-hetero) is 1. The van der Waals surface area contributed by atoms with Gasteiger partial charge in [0.05, 0.1) is 19.3 Å². The summed E-state index contributed by atoms with van der Waals surface area (Å²) in [4.78, 5) is 35.4. The second kappa shape index (κ2) is 10.5. The zero-order valence-corrected chi connectivity index (χ0v) is 17.4. The number of unbranched alkanes of at least 4 members (excludes halogenated alkanes) is 1. The van der Waals surface area contributed by atoms with E-state index < -0.39 is 17.8 Å². The van der Waals surface area contributed by atoms with Crippen LogP contribution in [-0.2, 0) is 25.5 Å². The van der Waals surface area contributed by atoms with E-state index in [9.17, 15) is 14.4 Å². The molecular weight excluding hydrogens is 374 g/mol. The number of carboxylic acid groups (broad SMARTS) is 1. The molecule has 1 fully saturated rings. The van der Waals surface area contributed by atoms with E-state index in [2.05, 4.69) is 12.2 Å². The lowest BCUT2D eigenvalue weighted by atomic mass is 9.98. The van der Waals surface area contributed by atoms with Crippen molar-refractivity contribution in [1.29, 1.82) is 0 Å². The van der Waals surface area contributed by atoms with E-state index in [1.165, 1.54) is 13.8 Å². The molecule has 1 aromatic carbocycles. The summed E-state index contributed by atoms with van der Waals surface area (Å²) in [6.07, 6.45) is 3.89. The monoisotopic (exact) mass is 405 g/mol. The molecule has 1 heterocycles. The summed E-state index contributed by atoms with van der Waals surface area (Å²) in [5, 5.41) is 11.9. The summed E-state index contributed by atoms with van der Waals surface area (Å²) in [5.74, 6) is -2.86. The van der Waals surface area contributed by atoms with Crippen LogP contribution in [0.5, 0.6) is 0 Å². The predicted octanol–water partition coefficient (Wildman–Crippen LogP) is 2.96. The van der Waals surface area contributed by atoms with Crippen LogP contribution in [0.1, 0.15) is 62.4 Å². The number of carbonyl (C=O) groups excluding carboxylic acids is 2. The van der Waals surface area contributed by atoms with Crippen molar-refractivity contribution in [3.05, 3.63) is 35.4 Å². The third-order valence-electron chi connectivity index (χ3n) is 5.35. The Morgan fingerprint density at radius 3 is 2.31 bits per heavy atom. The predicted molar refractivity (Wildman–Crippen MR) is 108 cm³/mol. The molecule has 0 saturated carbocycles. The van der Waals surface area contributed by atoms with Crippen LogP contribution in [0.15, 0.2) is 24.3 Å². The fourth-order valence-electron chi connectivity index (χ4n) is 3.23. The summed E-state index contributed by atoms with van der Waals surface area (Å²) >= 11 is 0. The number of rotatable bonds is 10. The van der Waals surface area contributed by atoms with Crippen LogP contribution in [0, 0.1) is 5.92 Å². The number of nitrogens with one attached hydrogen (secondary N) is 1. The van der Waals surface area contributed by atoms with Gasteiger partial charge in [0.2, 0.25) is 0 Å². The second-order valence-electron chi connectivity index (χ2n) is 7.71.